The molecular weight excluding hydrogens is 396 g/mol. The Morgan fingerprint density at radius 2 is 2.03 bits per heavy atom. The first kappa shape index (κ1) is 20.3. The van der Waals surface area contributed by atoms with Crippen molar-refractivity contribution in [2.24, 2.45) is 5.73 Å². The van der Waals surface area contributed by atoms with Gasteiger partial charge in [0.15, 0.2) is 11.4 Å². The van der Waals surface area contributed by atoms with Gasteiger partial charge in [0.25, 0.3) is 11.8 Å². The monoisotopic (exact) mass is 416 g/mol. The molecule has 29 heavy (non-hydrogen) atoms. The average Bonchev–Trinajstić information content (AvgIpc) is 3.17. The number of imidazole rings is 1. The van der Waals surface area contributed by atoms with Crippen LogP contribution in [0.3, 0.4) is 0 Å². The SMILES string of the molecule is CCOC(=O)c1c(NC(=O)c2c(C)nc3c(OC)cccn23)sc(C(N)=O)c1C. The number of amides is 2. The van der Waals surface area contributed by atoms with Crippen molar-refractivity contribution in [1.29, 1.82) is 0 Å². The van der Waals surface area contributed by atoms with E-state index in [2.05, 4.69) is 10.3 Å². The Morgan fingerprint density at radius 3 is 2.66 bits per heavy atom. The molecule has 0 aliphatic rings. The molecule has 0 aromatic carbocycles. The quantitative estimate of drug-likeness (QED) is 0.595. The van der Waals surface area contributed by atoms with Gasteiger partial charge in [0.2, 0.25) is 0 Å². The van der Waals surface area contributed by atoms with Gasteiger partial charge < -0.3 is 20.5 Å². The van der Waals surface area contributed by atoms with E-state index in [4.69, 9.17) is 15.2 Å². The topological polar surface area (TPSA) is 125 Å². The maximum Gasteiger partial charge on any atom is 0.341 e. The zero-order chi connectivity index (χ0) is 21.3. The van der Waals surface area contributed by atoms with Crippen molar-refractivity contribution < 1.29 is 23.9 Å². The number of hydrogen-bond acceptors (Lipinski definition) is 7. The summed E-state index contributed by atoms with van der Waals surface area (Å²) >= 11 is 0.931. The predicted octanol–water partition coefficient (Wildman–Crippen LogP) is 2.55. The molecule has 0 aliphatic carbocycles. The van der Waals surface area contributed by atoms with Gasteiger partial charge in [-0.15, -0.1) is 11.3 Å². The van der Waals surface area contributed by atoms with Crippen molar-refractivity contribution in [2.75, 3.05) is 19.0 Å². The molecule has 0 saturated carbocycles. The lowest BCUT2D eigenvalue weighted by Gasteiger charge is -2.08. The summed E-state index contributed by atoms with van der Waals surface area (Å²) in [4.78, 5) is 41.8. The summed E-state index contributed by atoms with van der Waals surface area (Å²) in [7, 11) is 1.52. The van der Waals surface area contributed by atoms with Gasteiger partial charge in [-0.3, -0.25) is 14.0 Å². The second-order valence-corrected chi connectivity index (χ2v) is 7.14. The van der Waals surface area contributed by atoms with Crippen LogP contribution in [0, 0.1) is 13.8 Å². The van der Waals surface area contributed by atoms with Crippen LogP contribution in [-0.4, -0.2) is 40.9 Å². The number of methoxy groups -OCH3 is 1. The summed E-state index contributed by atoms with van der Waals surface area (Å²) in [6.07, 6.45) is 1.69. The van der Waals surface area contributed by atoms with Crippen LogP contribution in [0.25, 0.3) is 5.65 Å². The number of esters is 1. The third-order valence-electron chi connectivity index (χ3n) is 4.30. The van der Waals surface area contributed by atoms with E-state index in [1.165, 1.54) is 7.11 Å². The summed E-state index contributed by atoms with van der Waals surface area (Å²) < 4.78 is 12.0. The van der Waals surface area contributed by atoms with Gasteiger partial charge in [0.05, 0.1) is 29.9 Å². The molecule has 3 N–H and O–H groups in total. The summed E-state index contributed by atoms with van der Waals surface area (Å²) in [6, 6.07) is 3.47. The van der Waals surface area contributed by atoms with Crippen LogP contribution in [0.15, 0.2) is 18.3 Å². The molecule has 0 radical (unpaired) electrons. The number of rotatable bonds is 6. The molecule has 0 fully saturated rings. The number of fused-ring (bicyclic) bond motifs is 1. The number of carbonyl (C=O) groups excluding carboxylic acids is 3. The fourth-order valence-electron chi connectivity index (χ4n) is 3.04. The minimum atomic E-state index is -0.686. The van der Waals surface area contributed by atoms with Crippen LogP contribution in [0.5, 0.6) is 5.75 Å². The van der Waals surface area contributed by atoms with E-state index < -0.39 is 17.8 Å². The smallest absolute Gasteiger partial charge is 0.341 e. The minimum absolute atomic E-state index is 0.114. The zero-order valence-electron chi connectivity index (χ0n) is 16.4. The van der Waals surface area contributed by atoms with Gasteiger partial charge in [0.1, 0.15) is 10.7 Å². The van der Waals surface area contributed by atoms with Gasteiger partial charge >= 0.3 is 5.97 Å². The van der Waals surface area contributed by atoms with Crippen LogP contribution >= 0.6 is 11.3 Å². The highest BCUT2D eigenvalue weighted by atomic mass is 32.1. The van der Waals surface area contributed by atoms with Crippen molar-refractivity contribution in [1.82, 2.24) is 9.38 Å². The Hall–Kier alpha value is -3.40. The molecule has 9 nitrogen and oxygen atoms in total. The molecular formula is C19H20N4O5S. The Morgan fingerprint density at radius 1 is 1.31 bits per heavy atom. The van der Waals surface area contributed by atoms with Crippen LogP contribution in [-0.2, 0) is 4.74 Å². The summed E-state index contributed by atoms with van der Waals surface area (Å²) in [5.74, 6) is -1.30. The molecule has 0 spiro atoms. The first-order valence-electron chi connectivity index (χ1n) is 8.73. The van der Waals surface area contributed by atoms with E-state index in [1.54, 1.807) is 43.5 Å². The molecule has 0 bridgehead atoms. The van der Waals surface area contributed by atoms with Crippen molar-refractivity contribution >= 4 is 39.8 Å². The number of thiophene rings is 1. The molecule has 2 amide bonds. The standard InChI is InChI=1S/C19H20N4O5S/c1-5-28-19(26)12-9(2)14(15(20)24)29-18(12)22-17(25)13-10(3)21-16-11(27-4)7-6-8-23(13)16/h6-8H,5H2,1-4H3,(H2,20,24)(H,22,25). The minimum Gasteiger partial charge on any atom is -0.493 e. The average molecular weight is 416 g/mol. The Labute approximate surface area is 170 Å². The Balaban J connectivity index is 2.07. The number of ether oxygens (including phenoxy) is 2. The molecule has 3 rings (SSSR count). The summed E-state index contributed by atoms with van der Waals surface area (Å²) in [5, 5.41) is 2.90. The number of aromatic nitrogens is 2. The Bertz CT molecular complexity index is 1130. The number of aryl methyl sites for hydroxylation is 1. The van der Waals surface area contributed by atoms with Gasteiger partial charge in [-0.25, -0.2) is 9.78 Å². The highest BCUT2D eigenvalue weighted by Gasteiger charge is 2.27. The van der Waals surface area contributed by atoms with Crippen LogP contribution in [0.2, 0.25) is 0 Å². The molecule has 0 atom stereocenters. The molecule has 3 aromatic heterocycles. The third kappa shape index (κ3) is 3.54. The molecule has 3 heterocycles. The zero-order valence-corrected chi connectivity index (χ0v) is 17.2. The van der Waals surface area contributed by atoms with Gasteiger partial charge in [0, 0.05) is 6.20 Å². The van der Waals surface area contributed by atoms with Gasteiger partial charge in [-0.1, -0.05) is 0 Å². The van der Waals surface area contributed by atoms with E-state index in [0.29, 0.717) is 22.7 Å². The maximum atomic E-state index is 13.1. The molecule has 152 valence electrons. The van der Waals surface area contributed by atoms with E-state index in [-0.39, 0.29) is 27.7 Å². The molecule has 0 unspecified atom stereocenters. The summed E-state index contributed by atoms with van der Waals surface area (Å²) in [6.45, 7) is 5.10. The Kier molecular flexibility index (Phi) is 5.55. The largest absolute Gasteiger partial charge is 0.493 e. The highest BCUT2D eigenvalue weighted by Crippen LogP contribution is 2.34. The fourth-order valence-corrected chi connectivity index (χ4v) is 4.08. The number of hydrogen-bond donors (Lipinski definition) is 2. The third-order valence-corrected chi connectivity index (χ3v) is 5.52. The first-order valence-corrected chi connectivity index (χ1v) is 9.55. The number of carbonyl (C=O) groups is 3. The van der Waals surface area contributed by atoms with Gasteiger partial charge in [-0.05, 0) is 38.5 Å². The predicted molar refractivity (Wildman–Crippen MR) is 108 cm³/mol. The lowest BCUT2D eigenvalue weighted by molar-refractivity contribution is 0.0527. The molecule has 0 saturated heterocycles. The number of pyridine rings is 1. The fraction of sp³-hybridized carbons (Fsp3) is 0.263. The van der Waals surface area contributed by atoms with Gasteiger partial charge in [-0.2, -0.15) is 0 Å². The second-order valence-electron chi connectivity index (χ2n) is 6.12. The van der Waals surface area contributed by atoms with Crippen LogP contribution in [0.1, 0.15) is 48.7 Å². The highest BCUT2D eigenvalue weighted by molar-refractivity contribution is 7.18. The van der Waals surface area contributed by atoms with Crippen molar-refractivity contribution in [3.05, 3.63) is 45.7 Å². The maximum absolute atomic E-state index is 13.1. The first-order chi connectivity index (χ1) is 13.8. The van der Waals surface area contributed by atoms with Crippen molar-refractivity contribution in [3.8, 4) is 5.75 Å². The van der Waals surface area contributed by atoms with E-state index in [9.17, 15) is 14.4 Å². The van der Waals surface area contributed by atoms with Crippen molar-refractivity contribution in [2.45, 2.75) is 20.8 Å². The number of nitrogens with two attached hydrogens (primary N) is 1. The number of nitrogens with one attached hydrogen (secondary N) is 1. The van der Waals surface area contributed by atoms with E-state index in [0.717, 1.165) is 11.3 Å². The van der Waals surface area contributed by atoms with E-state index >= 15 is 0 Å². The number of anilines is 1. The normalized spacial score (nSPS) is 10.8. The lowest BCUT2D eigenvalue weighted by Crippen LogP contribution is -2.17. The van der Waals surface area contributed by atoms with E-state index in [1.807, 2.05) is 0 Å². The lowest BCUT2D eigenvalue weighted by atomic mass is 10.1. The molecule has 0 aliphatic heterocycles. The summed E-state index contributed by atoms with van der Waals surface area (Å²) in [5.41, 5.74) is 7.13. The number of primary amides is 1. The second kappa shape index (κ2) is 7.92. The van der Waals surface area contributed by atoms with Crippen molar-refractivity contribution in [3.63, 3.8) is 0 Å². The van der Waals surface area contributed by atoms with Crippen LogP contribution in [0.4, 0.5) is 5.00 Å². The van der Waals surface area contributed by atoms with Crippen LogP contribution < -0.4 is 15.8 Å². The molecule has 10 heteroatoms. The molecule has 3 aromatic rings. The number of nitrogens with zero attached hydrogens (tertiary/aromatic N) is 2.